The third kappa shape index (κ3) is 17.6. The monoisotopic (exact) mass is 1170 g/mol. The number of esters is 2. The molecule has 5 unspecified atom stereocenters. The Morgan fingerprint density at radius 3 is 2.21 bits per heavy atom. The van der Waals surface area contributed by atoms with Crippen LogP contribution < -0.4 is 42.2 Å². The Morgan fingerprint density at radius 1 is 0.845 bits per heavy atom. The second kappa shape index (κ2) is 30.0. The van der Waals surface area contributed by atoms with E-state index in [2.05, 4.69) is 31.9 Å². The molecule has 4 heterocycles. The molecule has 3 aromatic rings. The van der Waals surface area contributed by atoms with Crippen molar-refractivity contribution >= 4 is 64.3 Å². The average Bonchev–Trinajstić information content (AvgIpc) is 1.66. The zero-order chi connectivity index (χ0) is 62.3. The van der Waals surface area contributed by atoms with Crippen LogP contribution in [0, 0.1) is 0 Å². The molecule has 0 saturated heterocycles. The van der Waals surface area contributed by atoms with Gasteiger partial charge in [-0.1, -0.05) is 41.0 Å². The van der Waals surface area contributed by atoms with Gasteiger partial charge in [0.15, 0.2) is 11.6 Å². The van der Waals surface area contributed by atoms with Crippen molar-refractivity contribution in [3.63, 3.8) is 0 Å². The van der Waals surface area contributed by atoms with Gasteiger partial charge in [0.05, 0.1) is 71.3 Å². The smallest absolute Gasteiger partial charge is 0.415 e. The molecule has 6 N–H and O–H groups in total. The van der Waals surface area contributed by atoms with Gasteiger partial charge in [-0.25, -0.2) is 19.4 Å². The van der Waals surface area contributed by atoms with Gasteiger partial charge in [0.1, 0.15) is 37.7 Å². The van der Waals surface area contributed by atoms with Crippen LogP contribution in [0.1, 0.15) is 156 Å². The van der Waals surface area contributed by atoms with E-state index >= 15 is 0 Å². The molecule has 84 heavy (non-hydrogen) atoms. The maximum atomic E-state index is 14.0. The zero-order valence-electron chi connectivity index (χ0n) is 51.1. The molecule has 0 bridgehead atoms. The van der Waals surface area contributed by atoms with Gasteiger partial charge in [0, 0.05) is 56.4 Å². The molecule has 5 amide bonds. The lowest BCUT2D eigenvalue weighted by Crippen LogP contribution is -2.63. The molecule has 2 aromatic heterocycles. The van der Waals surface area contributed by atoms with E-state index in [0.29, 0.717) is 53.7 Å². The second-order valence-corrected chi connectivity index (χ2v) is 22.8. The summed E-state index contributed by atoms with van der Waals surface area (Å²) in [5.41, 5.74) is 1.79. The van der Waals surface area contributed by atoms with Crippen molar-refractivity contribution in [2.24, 2.45) is 0 Å². The van der Waals surface area contributed by atoms with E-state index in [-0.39, 0.29) is 113 Å². The molecule has 0 saturated carbocycles. The summed E-state index contributed by atoms with van der Waals surface area (Å²) in [6, 6.07) is 4.15. The minimum atomic E-state index is -1.34. The van der Waals surface area contributed by atoms with Gasteiger partial charge in [0.25, 0.3) is 5.56 Å². The first kappa shape index (κ1) is 67.5. The lowest BCUT2D eigenvalue weighted by Gasteiger charge is -2.35. The Labute approximate surface area is 491 Å². The summed E-state index contributed by atoms with van der Waals surface area (Å²) < 4.78 is 29.4. The Bertz CT molecular complexity index is 2990. The first-order valence-corrected chi connectivity index (χ1v) is 29.1. The number of carbonyl (C=O) groups excluding carboxylic acids is 9. The molecule has 0 spiro atoms. The average molecular weight is 1170 g/mol. The number of carbonyl (C=O) groups is 9. The first-order chi connectivity index (χ1) is 39.6. The van der Waals surface area contributed by atoms with Crippen LogP contribution in [0.4, 0.5) is 9.59 Å². The molecule has 2 aliphatic heterocycles. The molecule has 0 aliphatic carbocycles. The van der Waals surface area contributed by atoms with Crippen LogP contribution >= 0.6 is 0 Å². The van der Waals surface area contributed by atoms with Crippen molar-refractivity contribution in [2.45, 2.75) is 188 Å². The van der Waals surface area contributed by atoms with Gasteiger partial charge in [-0.3, -0.25) is 44.2 Å². The van der Waals surface area contributed by atoms with Crippen LogP contribution in [0.2, 0.25) is 0 Å². The lowest BCUT2D eigenvalue weighted by atomic mass is 9.87. The number of hydrogen-bond donors (Lipinski definition) is 6. The summed E-state index contributed by atoms with van der Waals surface area (Å²) in [7, 11) is 1.47. The number of pyridine rings is 2. The highest BCUT2D eigenvalue weighted by molar-refractivity contribution is 5.94. The van der Waals surface area contributed by atoms with Gasteiger partial charge in [-0.05, 0) is 110 Å². The summed E-state index contributed by atoms with van der Waals surface area (Å²) >= 11 is 0. The normalized spacial score (nSPS) is 16.0. The number of alkyl carbamates (subject to hydrolysis) is 1. The molecule has 24 nitrogen and oxygen atoms in total. The van der Waals surface area contributed by atoms with Crippen LogP contribution in [-0.2, 0) is 72.1 Å². The predicted molar refractivity (Wildman–Crippen MR) is 312 cm³/mol. The standard InChI is InChI=1S/C60H87N9O15/c1-14-23-60(12,47(70)21-24-61-49(72)17-4)63-30-48(71)59(11,18-5)67-45(52(74)64-35(6)32-83-58(8,9)10)34-82-56(78)62-25-22-50(73)65-36(7)54(76)80-27-26-68(13)57(79)84-37-19-20-44-41(28-37)38(15-2)42-31-69-46(51(42)66-44)29-40-39(16-3)55(77)81-33-43(40)53(69)75/h19-20,28-29,35-36,39,45,63,67H,14-18,21-27,30-34H2,1-13H3,(H,61,72)(H,62,78)(H,64,74)(H,65,73)/t35?,36?,39-,45?,59?,60?/m0/s1. The molecule has 1 aromatic carbocycles. The topological polar surface area (TPSA) is 310 Å². The number of cyclic esters (lactones) is 1. The lowest BCUT2D eigenvalue weighted by molar-refractivity contribution is -0.148. The summed E-state index contributed by atoms with van der Waals surface area (Å²) in [4.78, 5) is 137. The van der Waals surface area contributed by atoms with Gasteiger partial charge in [-0.2, -0.15) is 0 Å². The Morgan fingerprint density at radius 2 is 1.56 bits per heavy atom. The number of amides is 5. The van der Waals surface area contributed by atoms with E-state index in [9.17, 15) is 47.9 Å². The van der Waals surface area contributed by atoms with Crippen molar-refractivity contribution < 1.29 is 66.8 Å². The van der Waals surface area contributed by atoms with Crippen molar-refractivity contribution in [1.82, 2.24) is 46.4 Å². The maximum absolute atomic E-state index is 14.0. The van der Waals surface area contributed by atoms with Crippen LogP contribution in [0.5, 0.6) is 5.75 Å². The number of Topliss-reactive ketones (excluding diaryl/α,β-unsaturated/α-hetero) is 2. The molecular weight excluding hydrogens is 1090 g/mol. The van der Waals surface area contributed by atoms with Gasteiger partial charge >= 0.3 is 24.1 Å². The minimum Gasteiger partial charge on any atom is -0.462 e. The van der Waals surface area contributed by atoms with Crippen molar-refractivity contribution in [3.05, 3.63) is 56.9 Å². The van der Waals surface area contributed by atoms with Gasteiger partial charge in [0.2, 0.25) is 17.7 Å². The molecule has 6 atom stereocenters. The molecule has 0 radical (unpaired) electrons. The number of aromatic nitrogens is 2. The van der Waals surface area contributed by atoms with E-state index in [1.165, 1.54) is 18.9 Å². The van der Waals surface area contributed by atoms with Crippen molar-refractivity contribution in [1.29, 1.82) is 0 Å². The van der Waals surface area contributed by atoms with E-state index in [0.717, 1.165) is 16.5 Å². The second-order valence-electron chi connectivity index (χ2n) is 22.8. The Kier molecular flexibility index (Phi) is 24.1. The number of rotatable bonds is 31. The fraction of sp³-hybridized carbons (Fsp3) is 0.617. The molecule has 2 aliphatic rings. The number of fused-ring (bicyclic) bond motifs is 5. The molecule has 0 fully saturated rings. The molecule has 5 rings (SSSR count). The molecule has 24 heteroatoms. The zero-order valence-corrected chi connectivity index (χ0v) is 51.1. The van der Waals surface area contributed by atoms with Gasteiger partial charge < -0.3 is 54.4 Å². The number of hydrogen-bond acceptors (Lipinski definition) is 18. The third-order valence-corrected chi connectivity index (χ3v) is 15.2. The fourth-order valence-corrected chi connectivity index (χ4v) is 9.89. The highest BCUT2D eigenvalue weighted by Gasteiger charge is 2.40. The predicted octanol–water partition coefficient (Wildman–Crippen LogP) is 4.78. The number of ether oxygens (including phenoxy) is 5. The minimum absolute atomic E-state index is 0.0513. The summed E-state index contributed by atoms with van der Waals surface area (Å²) in [5, 5.41) is 17.5. The first-order valence-electron chi connectivity index (χ1n) is 29.1. The third-order valence-electron chi connectivity index (χ3n) is 15.2. The molecule has 462 valence electrons. The van der Waals surface area contributed by atoms with E-state index in [1.807, 2.05) is 47.6 Å². The highest BCUT2D eigenvalue weighted by Crippen LogP contribution is 2.40. The van der Waals surface area contributed by atoms with E-state index in [1.54, 1.807) is 57.4 Å². The van der Waals surface area contributed by atoms with Crippen LogP contribution in [0.25, 0.3) is 22.3 Å². The van der Waals surface area contributed by atoms with E-state index < -0.39 is 77.3 Å². The number of benzene rings is 1. The SMILES string of the molecule is CCCC(C)(NCC(=O)C(C)(CC)NC(COC(=O)NCCC(=O)NC(C)C(=O)OCCN(C)C(=O)Oc1ccc2nc3c(c(CC)c2c1)Cn1c-3cc2c(c1=O)COC(=O)[C@H]2CC)C(=O)NC(C)COC(C)(C)C)C(=O)CCNC(=O)CC. The van der Waals surface area contributed by atoms with Crippen molar-refractivity contribution in [3.8, 4) is 17.1 Å². The number of ketones is 2. The number of aryl methyl sites for hydroxylation is 1. The van der Waals surface area contributed by atoms with Gasteiger partial charge in [-0.15, -0.1) is 0 Å². The molecular formula is C60H87N9O15. The fourth-order valence-electron chi connectivity index (χ4n) is 9.89. The van der Waals surface area contributed by atoms with Crippen LogP contribution in [-0.4, -0.2) is 156 Å². The van der Waals surface area contributed by atoms with Crippen LogP contribution in [0.15, 0.2) is 29.1 Å². The van der Waals surface area contributed by atoms with Crippen molar-refractivity contribution in [2.75, 3.05) is 53.0 Å². The van der Waals surface area contributed by atoms with E-state index in [4.69, 9.17) is 28.7 Å². The number of nitrogens with one attached hydrogen (secondary N) is 6. The summed E-state index contributed by atoms with van der Waals surface area (Å²) in [5.74, 6) is -3.29. The number of nitrogens with zero attached hydrogens (tertiary/aromatic N) is 3. The summed E-state index contributed by atoms with van der Waals surface area (Å²) in [6.45, 7) is 20.7. The number of likely N-dealkylation sites (N-methyl/N-ethyl adjacent to an activating group) is 1. The Balaban J connectivity index is 1.09. The highest BCUT2D eigenvalue weighted by atomic mass is 16.6. The Hall–Kier alpha value is -7.31. The largest absolute Gasteiger partial charge is 0.462 e. The maximum Gasteiger partial charge on any atom is 0.415 e. The summed E-state index contributed by atoms with van der Waals surface area (Å²) in [6.07, 6.45) is 0.770. The quantitative estimate of drug-likeness (QED) is 0.0292. The van der Waals surface area contributed by atoms with Crippen LogP contribution in [0.3, 0.4) is 0 Å².